The number of rotatable bonds is 7. The highest BCUT2D eigenvalue weighted by molar-refractivity contribution is 5.49. The zero-order valence-corrected chi connectivity index (χ0v) is 11.6. The molecule has 1 rings (SSSR count). The van der Waals surface area contributed by atoms with Gasteiger partial charge < -0.3 is 15.5 Å². The van der Waals surface area contributed by atoms with Crippen LogP contribution in [0.15, 0.2) is 18.2 Å². The van der Waals surface area contributed by atoms with Crippen molar-refractivity contribution in [3.05, 3.63) is 29.6 Å². The van der Waals surface area contributed by atoms with Gasteiger partial charge in [-0.3, -0.25) is 0 Å². The summed E-state index contributed by atoms with van der Waals surface area (Å²) in [5.41, 5.74) is 7.35. The Kier molecular flexibility index (Phi) is 6.09. The molecule has 102 valence electrons. The first-order valence-electron chi connectivity index (χ1n) is 6.46. The largest absolute Gasteiger partial charge is 0.372 e. The molecule has 4 heteroatoms. The van der Waals surface area contributed by atoms with Crippen molar-refractivity contribution in [2.75, 3.05) is 38.6 Å². The van der Waals surface area contributed by atoms with Crippen molar-refractivity contribution < 1.29 is 4.39 Å². The lowest BCUT2D eigenvalue weighted by Crippen LogP contribution is -2.27. The van der Waals surface area contributed by atoms with Crippen molar-refractivity contribution in [2.45, 2.75) is 19.9 Å². The number of hydrogen-bond donors (Lipinski definition) is 1. The molecule has 0 aliphatic carbocycles. The van der Waals surface area contributed by atoms with Crippen molar-refractivity contribution >= 4 is 5.69 Å². The van der Waals surface area contributed by atoms with E-state index >= 15 is 0 Å². The van der Waals surface area contributed by atoms with Crippen LogP contribution in [0.1, 0.15) is 18.9 Å². The summed E-state index contributed by atoms with van der Waals surface area (Å²) in [6, 6.07) is 5.05. The molecule has 18 heavy (non-hydrogen) atoms. The Hall–Kier alpha value is -1.13. The Morgan fingerprint density at radius 3 is 2.44 bits per heavy atom. The molecule has 0 saturated heterocycles. The first-order valence-corrected chi connectivity index (χ1v) is 6.46. The molecule has 0 spiro atoms. The monoisotopic (exact) mass is 253 g/mol. The van der Waals surface area contributed by atoms with E-state index in [9.17, 15) is 4.39 Å². The zero-order valence-electron chi connectivity index (χ0n) is 11.6. The molecule has 0 bridgehead atoms. The fourth-order valence-electron chi connectivity index (χ4n) is 1.98. The molecule has 2 N–H and O–H groups in total. The average Bonchev–Trinajstić information content (AvgIpc) is 2.33. The summed E-state index contributed by atoms with van der Waals surface area (Å²) in [4.78, 5) is 4.34. The maximum atomic E-state index is 13.5. The summed E-state index contributed by atoms with van der Waals surface area (Å²) < 4.78 is 13.5. The van der Waals surface area contributed by atoms with Crippen LogP contribution in [-0.4, -0.2) is 38.6 Å². The number of halogens is 1. The minimum atomic E-state index is -0.209. The summed E-state index contributed by atoms with van der Waals surface area (Å²) in [6.07, 6.45) is 1.06. The van der Waals surface area contributed by atoms with Crippen molar-refractivity contribution in [3.8, 4) is 0 Å². The third kappa shape index (κ3) is 4.63. The second-order valence-corrected chi connectivity index (χ2v) is 4.76. The van der Waals surface area contributed by atoms with Crippen LogP contribution in [-0.2, 0) is 6.54 Å². The summed E-state index contributed by atoms with van der Waals surface area (Å²) >= 11 is 0. The maximum Gasteiger partial charge on any atom is 0.125 e. The molecule has 0 heterocycles. The maximum absolute atomic E-state index is 13.5. The van der Waals surface area contributed by atoms with Crippen LogP contribution in [0.3, 0.4) is 0 Å². The van der Waals surface area contributed by atoms with Gasteiger partial charge in [-0.05, 0) is 57.7 Å². The van der Waals surface area contributed by atoms with E-state index in [1.807, 2.05) is 6.07 Å². The predicted octanol–water partition coefficient (Wildman–Crippen LogP) is 2.06. The predicted molar refractivity (Wildman–Crippen MR) is 75.3 cm³/mol. The third-order valence-corrected chi connectivity index (χ3v) is 2.96. The van der Waals surface area contributed by atoms with Crippen LogP contribution in [0, 0.1) is 5.82 Å². The quantitative estimate of drug-likeness (QED) is 0.807. The van der Waals surface area contributed by atoms with Gasteiger partial charge in [0.15, 0.2) is 0 Å². The smallest absolute Gasteiger partial charge is 0.125 e. The highest BCUT2D eigenvalue weighted by Crippen LogP contribution is 2.18. The van der Waals surface area contributed by atoms with E-state index in [0.29, 0.717) is 6.54 Å². The molecule has 0 amide bonds. The summed E-state index contributed by atoms with van der Waals surface area (Å²) in [7, 11) is 4.12. The van der Waals surface area contributed by atoms with Gasteiger partial charge in [-0.1, -0.05) is 0 Å². The van der Waals surface area contributed by atoms with Crippen LogP contribution in [0.25, 0.3) is 0 Å². The number of nitrogens with two attached hydrogens (primary N) is 1. The summed E-state index contributed by atoms with van der Waals surface area (Å²) in [6.45, 7) is 5.31. The first kappa shape index (κ1) is 14.9. The Balaban J connectivity index is 2.71. The standard InChI is InChI=1S/C14H24FN3/c1-4-18(7-5-6-17(2)3)14-9-12(11-16)8-13(15)10-14/h8-10H,4-7,11,16H2,1-3H3. The molecule has 0 fully saturated rings. The third-order valence-electron chi connectivity index (χ3n) is 2.96. The van der Waals surface area contributed by atoms with Gasteiger partial charge in [0.2, 0.25) is 0 Å². The van der Waals surface area contributed by atoms with Gasteiger partial charge in [-0.25, -0.2) is 4.39 Å². The summed E-state index contributed by atoms with van der Waals surface area (Å²) in [5.74, 6) is -0.209. The van der Waals surface area contributed by atoms with Crippen LogP contribution in [0.4, 0.5) is 10.1 Å². The van der Waals surface area contributed by atoms with E-state index in [0.717, 1.165) is 37.3 Å². The SMILES string of the molecule is CCN(CCCN(C)C)c1cc(F)cc(CN)c1. The Morgan fingerprint density at radius 2 is 1.89 bits per heavy atom. The normalized spacial score (nSPS) is 11.0. The van der Waals surface area contributed by atoms with Gasteiger partial charge in [0.25, 0.3) is 0 Å². The topological polar surface area (TPSA) is 32.5 Å². The van der Waals surface area contributed by atoms with E-state index in [-0.39, 0.29) is 5.82 Å². The molecule has 0 saturated carbocycles. The Morgan fingerprint density at radius 1 is 1.17 bits per heavy atom. The molecule has 0 aliphatic heterocycles. The number of benzene rings is 1. The van der Waals surface area contributed by atoms with Crippen LogP contribution in [0.5, 0.6) is 0 Å². The fourth-order valence-corrected chi connectivity index (χ4v) is 1.98. The van der Waals surface area contributed by atoms with Gasteiger partial charge in [0.1, 0.15) is 5.82 Å². The highest BCUT2D eigenvalue weighted by atomic mass is 19.1. The molecule has 1 aromatic carbocycles. The van der Waals surface area contributed by atoms with Crippen LogP contribution < -0.4 is 10.6 Å². The van der Waals surface area contributed by atoms with Crippen LogP contribution >= 0.6 is 0 Å². The van der Waals surface area contributed by atoms with Gasteiger partial charge in [0.05, 0.1) is 0 Å². The molecule has 0 aliphatic rings. The molecular formula is C14H24FN3. The van der Waals surface area contributed by atoms with E-state index in [2.05, 4.69) is 30.8 Å². The second-order valence-electron chi connectivity index (χ2n) is 4.76. The van der Waals surface area contributed by atoms with Crippen molar-refractivity contribution in [1.82, 2.24) is 4.90 Å². The molecular weight excluding hydrogens is 229 g/mol. The van der Waals surface area contributed by atoms with Crippen molar-refractivity contribution in [3.63, 3.8) is 0 Å². The lowest BCUT2D eigenvalue weighted by atomic mass is 10.1. The number of anilines is 1. The van der Waals surface area contributed by atoms with Crippen molar-refractivity contribution in [1.29, 1.82) is 0 Å². The van der Waals surface area contributed by atoms with E-state index in [1.54, 1.807) is 6.07 Å². The van der Waals surface area contributed by atoms with Gasteiger partial charge in [0, 0.05) is 25.3 Å². The Labute approximate surface area is 109 Å². The lowest BCUT2D eigenvalue weighted by molar-refractivity contribution is 0.400. The van der Waals surface area contributed by atoms with E-state index < -0.39 is 0 Å². The first-order chi connectivity index (χ1) is 8.56. The Bertz CT molecular complexity index is 366. The highest BCUT2D eigenvalue weighted by Gasteiger charge is 2.07. The molecule has 0 atom stereocenters. The van der Waals surface area contributed by atoms with Gasteiger partial charge >= 0.3 is 0 Å². The van der Waals surface area contributed by atoms with Crippen molar-refractivity contribution in [2.24, 2.45) is 5.73 Å². The molecule has 3 nitrogen and oxygen atoms in total. The minimum Gasteiger partial charge on any atom is -0.372 e. The lowest BCUT2D eigenvalue weighted by Gasteiger charge is -2.24. The number of hydrogen-bond acceptors (Lipinski definition) is 3. The summed E-state index contributed by atoms with van der Waals surface area (Å²) in [5, 5.41) is 0. The van der Waals surface area contributed by atoms with Gasteiger partial charge in [-0.15, -0.1) is 0 Å². The zero-order chi connectivity index (χ0) is 13.5. The average molecular weight is 253 g/mol. The van der Waals surface area contributed by atoms with Gasteiger partial charge in [-0.2, -0.15) is 0 Å². The van der Waals surface area contributed by atoms with Crippen LogP contribution in [0.2, 0.25) is 0 Å². The molecule has 0 unspecified atom stereocenters. The van der Waals surface area contributed by atoms with E-state index in [4.69, 9.17) is 5.73 Å². The second kappa shape index (κ2) is 7.34. The molecule has 0 aromatic heterocycles. The van der Waals surface area contributed by atoms with E-state index in [1.165, 1.54) is 6.07 Å². The number of nitrogens with zero attached hydrogens (tertiary/aromatic N) is 2. The fraction of sp³-hybridized carbons (Fsp3) is 0.571. The molecule has 0 radical (unpaired) electrons. The minimum absolute atomic E-state index is 0.209. The molecule has 1 aromatic rings.